The maximum Gasteiger partial charge on any atom is 0.312 e. The Bertz CT molecular complexity index is 1330. The van der Waals surface area contributed by atoms with Gasteiger partial charge in [0.15, 0.2) is 0 Å². The van der Waals surface area contributed by atoms with Crippen molar-refractivity contribution in [2.45, 2.75) is 70.2 Å². The molecule has 2 aromatic rings. The predicted octanol–water partition coefficient (Wildman–Crippen LogP) is 4.09. The zero-order valence-electron chi connectivity index (χ0n) is 23.8. The van der Waals surface area contributed by atoms with Crippen molar-refractivity contribution in [2.24, 2.45) is 17.8 Å². The molecule has 2 unspecified atom stereocenters. The summed E-state index contributed by atoms with van der Waals surface area (Å²) in [6.45, 7) is 11.6. The Balaban J connectivity index is 1.65. The third-order valence-electron chi connectivity index (χ3n) is 9.46. The van der Waals surface area contributed by atoms with Gasteiger partial charge in [0.05, 0.1) is 30.8 Å². The third-order valence-corrected chi connectivity index (χ3v) is 9.46. The lowest BCUT2D eigenvalue weighted by Crippen LogP contribution is -2.60. The van der Waals surface area contributed by atoms with Gasteiger partial charge in [-0.2, -0.15) is 0 Å². The molecule has 0 radical (unpaired) electrons. The van der Waals surface area contributed by atoms with Crippen LogP contribution in [0.5, 0.6) is 0 Å². The maximum absolute atomic E-state index is 14.8. The summed E-state index contributed by atoms with van der Waals surface area (Å²) in [6.07, 6.45) is 3.36. The van der Waals surface area contributed by atoms with E-state index in [2.05, 4.69) is 6.58 Å². The van der Waals surface area contributed by atoms with Crippen molar-refractivity contribution in [1.29, 1.82) is 0 Å². The van der Waals surface area contributed by atoms with E-state index >= 15 is 0 Å². The van der Waals surface area contributed by atoms with Gasteiger partial charge in [0.1, 0.15) is 17.6 Å². The monoisotopic (exact) mass is 548 g/mol. The van der Waals surface area contributed by atoms with Gasteiger partial charge in [0.25, 0.3) is 5.91 Å². The highest BCUT2D eigenvalue weighted by Crippen LogP contribution is 2.64. The molecule has 8 heteroatoms. The molecule has 0 saturated carbocycles. The highest BCUT2D eigenvalue weighted by atomic mass is 16.6. The Morgan fingerprint density at radius 3 is 2.60 bits per heavy atom. The Labute approximate surface area is 235 Å². The van der Waals surface area contributed by atoms with Crippen LogP contribution in [0.2, 0.25) is 0 Å². The van der Waals surface area contributed by atoms with Crippen molar-refractivity contribution < 1.29 is 29.0 Å². The number of anilines is 1. The Kier molecular flexibility index (Phi) is 7.52. The number of rotatable bonds is 10. The summed E-state index contributed by atoms with van der Waals surface area (Å²) in [5.74, 6) is -2.86. The van der Waals surface area contributed by atoms with Crippen molar-refractivity contribution >= 4 is 34.2 Å². The van der Waals surface area contributed by atoms with E-state index in [9.17, 15) is 19.5 Å². The van der Waals surface area contributed by atoms with Gasteiger partial charge >= 0.3 is 5.97 Å². The molecule has 3 saturated heterocycles. The standard InChI is InChI=1S/C32H40N2O6/c1-6-17-33(23-14-13-21-11-9-10-12-22(21)18-23)29(37)27-32-16-15-31(5,40-32)26(30(38)39-8-3)25(32)28(36)34(27)24(19-35)20(4)7-2/h6,9-14,18,20,24-27,35H,1,7-8,15-17,19H2,2-5H3/t20-,24-,25-,26+,27?,31-,32?/m0/s1. The fraction of sp³-hybridized carbons (Fsp3) is 0.531. The van der Waals surface area contributed by atoms with Crippen molar-refractivity contribution in [3.63, 3.8) is 0 Å². The highest BCUT2D eigenvalue weighted by molar-refractivity contribution is 6.05. The first-order valence-electron chi connectivity index (χ1n) is 14.4. The van der Waals surface area contributed by atoms with Crippen molar-refractivity contribution in [2.75, 3.05) is 24.7 Å². The van der Waals surface area contributed by atoms with Gasteiger partial charge in [-0.3, -0.25) is 14.4 Å². The summed E-state index contributed by atoms with van der Waals surface area (Å²) < 4.78 is 12.1. The minimum absolute atomic E-state index is 0.0816. The lowest BCUT2D eigenvalue weighted by molar-refractivity contribution is -0.160. The Morgan fingerprint density at radius 2 is 1.95 bits per heavy atom. The molecule has 2 amide bonds. The van der Waals surface area contributed by atoms with Crippen LogP contribution in [0.1, 0.15) is 47.0 Å². The number of carbonyl (C=O) groups excluding carboxylic acids is 3. The number of aliphatic hydroxyl groups is 1. The highest BCUT2D eigenvalue weighted by Gasteiger charge is 2.79. The maximum atomic E-state index is 14.8. The largest absolute Gasteiger partial charge is 0.466 e. The van der Waals surface area contributed by atoms with Crippen molar-refractivity contribution in [3.05, 3.63) is 55.1 Å². The summed E-state index contributed by atoms with van der Waals surface area (Å²) in [4.78, 5) is 45.7. The van der Waals surface area contributed by atoms with Crippen LogP contribution in [-0.2, 0) is 23.9 Å². The molecule has 3 heterocycles. The Morgan fingerprint density at radius 1 is 1.23 bits per heavy atom. The number of ether oxygens (including phenoxy) is 2. The number of fused-ring (bicyclic) bond motifs is 2. The quantitative estimate of drug-likeness (QED) is 0.355. The van der Waals surface area contributed by atoms with Crippen molar-refractivity contribution in [1.82, 2.24) is 4.90 Å². The van der Waals surface area contributed by atoms with Gasteiger partial charge in [-0.25, -0.2) is 0 Å². The SMILES string of the molecule is C=CCN(C(=O)C1N([C@@H](CO)[C@@H](C)CC)C(=O)[C@@H]2[C@H](C(=O)OCC)[C@]3(C)CCC12O3)c1ccc2ccccc2c1. The summed E-state index contributed by atoms with van der Waals surface area (Å²) in [5, 5.41) is 12.6. The van der Waals surface area contributed by atoms with Crippen LogP contribution >= 0.6 is 0 Å². The van der Waals surface area contributed by atoms with Crippen molar-refractivity contribution in [3.8, 4) is 0 Å². The topological polar surface area (TPSA) is 96.4 Å². The molecular formula is C32H40N2O6. The number of likely N-dealkylation sites (tertiary alicyclic amines) is 1. The summed E-state index contributed by atoms with van der Waals surface area (Å²) in [6, 6.07) is 12.1. The average Bonchev–Trinajstić information content (AvgIpc) is 3.52. The van der Waals surface area contributed by atoms with Gasteiger partial charge in [0.2, 0.25) is 5.91 Å². The molecular weight excluding hydrogens is 508 g/mol. The average molecular weight is 549 g/mol. The summed E-state index contributed by atoms with van der Waals surface area (Å²) in [7, 11) is 0. The predicted molar refractivity (Wildman–Crippen MR) is 153 cm³/mol. The second kappa shape index (κ2) is 10.6. The van der Waals surface area contributed by atoms with Crippen LogP contribution in [0.4, 0.5) is 5.69 Å². The van der Waals surface area contributed by atoms with E-state index in [1.54, 1.807) is 22.8 Å². The molecule has 3 aliphatic rings. The molecule has 40 heavy (non-hydrogen) atoms. The summed E-state index contributed by atoms with van der Waals surface area (Å²) >= 11 is 0. The van der Waals surface area contributed by atoms with Gasteiger partial charge in [-0.15, -0.1) is 6.58 Å². The molecule has 3 fully saturated rings. The van der Waals surface area contributed by atoms with E-state index in [1.807, 2.05) is 63.2 Å². The van der Waals surface area contributed by atoms with E-state index in [4.69, 9.17) is 9.47 Å². The molecule has 2 bridgehead atoms. The van der Waals surface area contributed by atoms with E-state index < -0.39 is 41.1 Å². The van der Waals surface area contributed by atoms with Gasteiger partial charge < -0.3 is 24.4 Å². The number of hydrogen-bond acceptors (Lipinski definition) is 6. The first kappa shape index (κ1) is 28.3. The molecule has 214 valence electrons. The molecule has 0 aliphatic carbocycles. The zero-order valence-corrected chi connectivity index (χ0v) is 23.8. The van der Waals surface area contributed by atoms with Gasteiger partial charge in [-0.05, 0) is 55.5 Å². The molecule has 2 aromatic carbocycles. The fourth-order valence-corrected chi connectivity index (χ4v) is 7.35. The van der Waals surface area contributed by atoms with E-state index in [0.717, 1.165) is 10.8 Å². The van der Waals surface area contributed by atoms with Crippen LogP contribution in [-0.4, -0.2) is 70.8 Å². The molecule has 3 aliphatic heterocycles. The van der Waals surface area contributed by atoms with E-state index in [1.165, 1.54) is 0 Å². The smallest absolute Gasteiger partial charge is 0.312 e. The second-order valence-corrected chi connectivity index (χ2v) is 11.6. The number of hydrogen-bond donors (Lipinski definition) is 1. The van der Waals surface area contributed by atoms with Gasteiger partial charge in [0, 0.05) is 12.2 Å². The number of aliphatic hydroxyl groups excluding tert-OH is 1. The lowest BCUT2D eigenvalue weighted by Gasteiger charge is -2.41. The number of benzene rings is 2. The molecule has 5 rings (SSSR count). The number of amides is 2. The van der Waals surface area contributed by atoms with Crippen LogP contribution < -0.4 is 4.90 Å². The van der Waals surface area contributed by atoms with E-state index in [0.29, 0.717) is 24.9 Å². The van der Waals surface area contributed by atoms with Crippen LogP contribution in [0.25, 0.3) is 10.8 Å². The first-order chi connectivity index (χ1) is 19.2. The molecule has 1 N–H and O–H groups in total. The zero-order chi connectivity index (χ0) is 28.8. The fourth-order valence-electron chi connectivity index (χ4n) is 7.35. The second-order valence-electron chi connectivity index (χ2n) is 11.6. The number of carbonyl (C=O) groups is 3. The summed E-state index contributed by atoms with van der Waals surface area (Å²) in [5.41, 5.74) is -1.42. The minimum Gasteiger partial charge on any atom is -0.466 e. The van der Waals surface area contributed by atoms with Crippen LogP contribution in [0.15, 0.2) is 55.1 Å². The molecule has 7 atom stereocenters. The first-order valence-corrected chi connectivity index (χ1v) is 14.4. The normalized spacial score (nSPS) is 30.3. The lowest BCUT2D eigenvalue weighted by atomic mass is 9.66. The van der Waals surface area contributed by atoms with E-state index in [-0.39, 0.29) is 37.5 Å². The van der Waals surface area contributed by atoms with Gasteiger partial charge in [-0.1, -0.05) is 56.7 Å². The van der Waals surface area contributed by atoms with Crippen LogP contribution in [0, 0.1) is 17.8 Å². The molecule has 8 nitrogen and oxygen atoms in total. The molecule has 1 spiro atoms. The number of nitrogens with zero attached hydrogens (tertiary/aromatic N) is 2. The van der Waals surface area contributed by atoms with Crippen LogP contribution in [0.3, 0.4) is 0 Å². The minimum atomic E-state index is -1.20. The third kappa shape index (κ3) is 4.15. The Hall–Kier alpha value is -3.23. The molecule has 0 aromatic heterocycles. The number of esters is 1.